The monoisotopic (exact) mass is 285 g/mol. The van der Waals surface area contributed by atoms with Gasteiger partial charge >= 0.3 is 0 Å². The van der Waals surface area contributed by atoms with E-state index in [1.807, 2.05) is 12.1 Å². The zero-order valence-corrected chi connectivity index (χ0v) is 11.1. The van der Waals surface area contributed by atoms with Gasteiger partial charge in [-0.05, 0) is 29.1 Å². The zero-order chi connectivity index (χ0) is 14.8. The Morgan fingerprint density at radius 3 is 2.43 bits per heavy atom. The fourth-order valence-electron chi connectivity index (χ4n) is 2.51. The lowest BCUT2D eigenvalue weighted by Crippen LogP contribution is -2.30. The lowest BCUT2D eigenvalue weighted by atomic mass is 9.94. The van der Waals surface area contributed by atoms with Crippen molar-refractivity contribution in [3.63, 3.8) is 0 Å². The van der Waals surface area contributed by atoms with Gasteiger partial charge in [-0.15, -0.1) is 0 Å². The molecule has 1 aromatic heterocycles. The van der Waals surface area contributed by atoms with Gasteiger partial charge in [0.2, 0.25) is 0 Å². The standard InChI is InChI=1S/C16H13F2N3/c17-13-5-2-6-14(18)15(13)16(21-19)12-4-1-3-10-9-20-8-7-11(10)12/h1-9,16,21H,19H2. The molecule has 3 aromatic rings. The van der Waals surface area contributed by atoms with Gasteiger partial charge in [-0.2, -0.15) is 0 Å². The Bertz CT molecular complexity index is 764. The molecule has 0 amide bonds. The van der Waals surface area contributed by atoms with Crippen molar-refractivity contribution >= 4 is 10.8 Å². The maximum atomic E-state index is 14.0. The molecule has 0 aliphatic heterocycles. The number of fused-ring (bicyclic) bond motifs is 1. The van der Waals surface area contributed by atoms with Gasteiger partial charge in [0.15, 0.2) is 0 Å². The highest BCUT2D eigenvalue weighted by molar-refractivity contribution is 5.85. The summed E-state index contributed by atoms with van der Waals surface area (Å²) in [6, 6.07) is 10.3. The minimum Gasteiger partial charge on any atom is -0.271 e. The van der Waals surface area contributed by atoms with Crippen LogP contribution in [-0.2, 0) is 0 Å². The largest absolute Gasteiger partial charge is 0.271 e. The Morgan fingerprint density at radius 2 is 1.71 bits per heavy atom. The van der Waals surface area contributed by atoms with Gasteiger partial charge in [0, 0.05) is 23.3 Å². The van der Waals surface area contributed by atoms with Crippen LogP contribution in [0.15, 0.2) is 54.9 Å². The predicted octanol–water partition coefficient (Wildman–Crippen LogP) is 3.07. The number of benzene rings is 2. The van der Waals surface area contributed by atoms with Crippen molar-refractivity contribution in [2.45, 2.75) is 6.04 Å². The summed E-state index contributed by atoms with van der Waals surface area (Å²) in [4.78, 5) is 4.05. The summed E-state index contributed by atoms with van der Waals surface area (Å²) in [6.07, 6.45) is 3.33. The first-order valence-electron chi connectivity index (χ1n) is 6.45. The number of halogens is 2. The molecule has 0 fully saturated rings. The van der Waals surface area contributed by atoms with Crippen molar-refractivity contribution < 1.29 is 8.78 Å². The van der Waals surface area contributed by atoms with E-state index in [4.69, 9.17) is 5.84 Å². The molecule has 0 spiro atoms. The average molecular weight is 285 g/mol. The molecule has 2 aromatic carbocycles. The molecule has 3 rings (SSSR count). The quantitative estimate of drug-likeness (QED) is 0.574. The second kappa shape index (κ2) is 5.55. The summed E-state index contributed by atoms with van der Waals surface area (Å²) in [5.41, 5.74) is 3.11. The third-order valence-electron chi connectivity index (χ3n) is 3.48. The van der Waals surface area contributed by atoms with Crippen LogP contribution < -0.4 is 11.3 Å². The van der Waals surface area contributed by atoms with Gasteiger partial charge < -0.3 is 0 Å². The summed E-state index contributed by atoms with van der Waals surface area (Å²) < 4.78 is 28.1. The molecule has 0 radical (unpaired) electrons. The Kier molecular flexibility index (Phi) is 3.60. The van der Waals surface area contributed by atoms with E-state index >= 15 is 0 Å². The van der Waals surface area contributed by atoms with Crippen LogP contribution >= 0.6 is 0 Å². The van der Waals surface area contributed by atoms with E-state index in [9.17, 15) is 8.78 Å². The number of hydrogen-bond acceptors (Lipinski definition) is 3. The fourth-order valence-corrected chi connectivity index (χ4v) is 2.51. The molecular weight excluding hydrogens is 272 g/mol. The lowest BCUT2D eigenvalue weighted by molar-refractivity contribution is 0.512. The molecule has 1 atom stereocenters. The molecule has 0 bridgehead atoms. The molecule has 0 saturated carbocycles. The van der Waals surface area contributed by atoms with Crippen molar-refractivity contribution in [3.05, 3.63) is 77.6 Å². The number of aromatic nitrogens is 1. The molecule has 3 nitrogen and oxygen atoms in total. The van der Waals surface area contributed by atoms with E-state index in [2.05, 4.69) is 10.4 Å². The Hall–Kier alpha value is -2.37. The Labute approximate surface area is 120 Å². The topological polar surface area (TPSA) is 50.9 Å². The van der Waals surface area contributed by atoms with Crippen LogP contribution in [0.2, 0.25) is 0 Å². The maximum Gasteiger partial charge on any atom is 0.131 e. The van der Waals surface area contributed by atoms with E-state index < -0.39 is 17.7 Å². The second-order valence-corrected chi connectivity index (χ2v) is 4.68. The molecule has 3 N–H and O–H groups in total. The number of nitrogens with zero attached hydrogens (tertiary/aromatic N) is 1. The molecule has 0 aliphatic carbocycles. The van der Waals surface area contributed by atoms with E-state index in [0.717, 1.165) is 10.8 Å². The van der Waals surface area contributed by atoms with Gasteiger partial charge in [-0.3, -0.25) is 10.8 Å². The smallest absolute Gasteiger partial charge is 0.131 e. The average Bonchev–Trinajstić information content (AvgIpc) is 2.51. The number of nitrogens with two attached hydrogens (primary N) is 1. The normalized spacial score (nSPS) is 12.5. The van der Waals surface area contributed by atoms with Crippen molar-refractivity contribution in [1.82, 2.24) is 10.4 Å². The molecule has 21 heavy (non-hydrogen) atoms. The summed E-state index contributed by atoms with van der Waals surface area (Å²) in [7, 11) is 0. The van der Waals surface area contributed by atoms with Gasteiger partial charge in [-0.1, -0.05) is 24.3 Å². The lowest BCUT2D eigenvalue weighted by Gasteiger charge is -2.20. The Balaban J connectivity index is 2.24. The van der Waals surface area contributed by atoms with Crippen molar-refractivity contribution in [2.24, 2.45) is 5.84 Å². The highest BCUT2D eigenvalue weighted by atomic mass is 19.1. The van der Waals surface area contributed by atoms with Crippen LogP contribution in [0.3, 0.4) is 0 Å². The Morgan fingerprint density at radius 1 is 1.00 bits per heavy atom. The van der Waals surface area contributed by atoms with Crippen LogP contribution in [-0.4, -0.2) is 4.98 Å². The molecule has 5 heteroatoms. The zero-order valence-electron chi connectivity index (χ0n) is 11.1. The SMILES string of the molecule is NNC(c1c(F)cccc1F)c1cccc2cnccc12. The minimum absolute atomic E-state index is 0.0932. The fraction of sp³-hybridized carbons (Fsp3) is 0.0625. The van der Waals surface area contributed by atoms with Gasteiger partial charge in [0.1, 0.15) is 11.6 Å². The van der Waals surface area contributed by atoms with Crippen molar-refractivity contribution in [3.8, 4) is 0 Å². The molecule has 106 valence electrons. The first kappa shape index (κ1) is 13.6. The number of hydrogen-bond donors (Lipinski definition) is 2. The van der Waals surface area contributed by atoms with Gasteiger partial charge in [-0.25, -0.2) is 14.2 Å². The first-order chi connectivity index (χ1) is 10.2. The van der Waals surface area contributed by atoms with Crippen LogP contribution in [0.5, 0.6) is 0 Å². The summed E-state index contributed by atoms with van der Waals surface area (Å²) in [5.74, 6) is 4.30. The molecule has 1 heterocycles. The second-order valence-electron chi connectivity index (χ2n) is 4.68. The number of rotatable bonds is 3. The van der Waals surface area contributed by atoms with Crippen molar-refractivity contribution in [2.75, 3.05) is 0 Å². The minimum atomic E-state index is -0.780. The molecule has 0 saturated heterocycles. The number of hydrazine groups is 1. The highest BCUT2D eigenvalue weighted by Gasteiger charge is 2.22. The van der Waals surface area contributed by atoms with E-state index in [1.54, 1.807) is 24.5 Å². The number of nitrogens with one attached hydrogen (secondary N) is 1. The van der Waals surface area contributed by atoms with Crippen molar-refractivity contribution in [1.29, 1.82) is 0 Å². The van der Waals surface area contributed by atoms with E-state index in [1.165, 1.54) is 18.2 Å². The maximum absolute atomic E-state index is 14.0. The van der Waals surface area contributed by atoms with Crippen LogP contribution in [0.1, 0.15) is 17.2 Å². The number of pyridine rings is 1. The summed E-state index contributed by atoms with van der Waals surface area (Å²) >= 11 is 0. The van der Waals surface area contributed by atoms with Crippen LogP contribution in [0.25, 0.3) is 10.8 Å². The molecule has 0 aliphatic rings. The van der Waals surface area contributed by atoms with Crippen LogP contribution in [0, 0.1) is 11.6 Å². The van der Waals surface area contributed by atoms with E-state index in [-0.39, 0.29) is 5.56 Å². The summed E-state index contributed by atoms with van der Waals surface area (Å²) in [5, 5.41) is 1.73. The summed E-state index contributed by atoms with van der Waals surface area (Å²) in [6.45, 7) is 0. The van der Waals surface area contributed by atoms with E-state index in [0.29, 0.717) is 5.56 Å². The van der Waals surface area contributed by atoms with Crippen LogP contribution in [0.4, 0.5) is 8.78 Å². The first-order valence-corrected chi connectivity index (χ1v) is 6.45. The molecular formula is C16H13F2N3. The predicted molar refractivity (Wildman–Crippen MR) is 77.3 cm³/mol. The molecule has 1 unspecified atom stereocenters. The van der Waals surface area contributed by atoms with Gasteiger partial charge in [0.25, 0.3) is 0 Å². The van der Waals surface area contributed by atoms with Gasteiger partial charge in [0.05, 0.1) is 6.04 Å². The third kappa shape index (κ3) is 2.37. The highest BCUT2D eigenvalue weighted by Crippen LogP contribution is 2.30. The third-order valence-corrected chi connectivity index (χ3v) is 3.48.